The minimum absolute atomic E-state index is 0.276. The van der Waals surface area contributed by atoms with E-state index in [1.54, 1.807) is 25.1 Å². The highest BCUT2D eigenvalue weighted by atomic mass is 79.9. The largest absolute Gasteiger partial charge is 0.464 e. The molecule has 7 heteroatoms. The Kier molecular flexibility index (Phi) is 6.45. The zero-order valence-corrected chi connectivity index (χ0v) is 12.2. The van der Waals surface area contributed by atoms with Crippen molar-refractivity contribution in [2.24, 2.45) is 0 Å². The van der Waals surface area contributed by atoms with Gasteiger partial charge in [-0.15, -0.1) is 0 Å². The summed E-state index contributed by atoms with van der Waals surface area (Å²) in [6, 6.07) is 5.00. The van der Waals surface area contributed by atoms with E-state index in [2.05, 4.69) is 15.9 Å². The van der Waals surface area contributed by atoms with Gasteiger partial charge >= 0.3 is 5.97 Å². The molecule has 106 valence electrons. The Morgan fingerprint density at radius 2 is 2.25 bits per heavy atom. The van der Waals surface area contributed by atoms with Gasteiger partial charge in [-0.3, -0.25) is 10.1 Å². The standard InChI is InChI=1S/C13H12BrNO5/c1-2-19-13(16)6-8-20-12-4-3-11(14)9-10(12)5-7-15(17)18/h3-9H,2H2,1H3/b7-5+,8-6+. The van der Waals surface area contributed by atoms with E-state index >= 15 is 0 Å². The third kappa shape index (κ3) is 5.66. The highest BCUT2D eigenvalue weighted by molar-refractivity contribution is 9.10. The Labute approximate surface area is 124 Å². The number of benzene rings is 1. The molecule has 1 aromatic rings. The van der Waals surface area contributed by atoms with Gasteiger partial charge in [0, 0.05) is 16.1 Å². The first-order chi connectivity index (χ1) is 9.52. The summed E-state index contributed by atoms with van der Waals surface area (Å²) in [5.74, 6) is -0.140. The molecule has 0 heterocycles. The number of hydrogen-bond donors (Lipinski definition) is 0. The van der Waals surface area contributed by atoms with Crippen LogP contribution in [0.2, 0.25) is 0 Å². The summed E-state index contributed by atoms with van der Waals surface area (Å²) in [4.78, 5) is 20.9. The molecule has 1 aromatic carbocycles. The van der Waals surface area contributed by atoms with Crippen molar-refractivity contribution in [1.29, 1.82) is 0 Å². The number of nitro groups is 1. The first kappa shape index (κ1) is 15.9. The Bertz CT molecular complexity index is 554. The van der Waals surface area contributed by atoms with Gasteiger partial charge < -0.3 is 9.47 Å². The third-order valence-corrected chi connectivity index (χ3v) is 2.53. The fourth-order valence-electron chi connectivity index (χ4n) is 1.25. The zero-order valence-electron chi connectivity index (χ0n) is 10.6. The van der Waals surface area contributed by atoms with Crippen LogP contribution >= 0.6 is 15.9 Å². The van der Waals surface area contributed by atoms with Crippen molar-refractivity contribution in [1.82, 2.24) is 0 Å². The number of halogens is 1. The first-order valence-electron chi connectivity index (χ1n) is 5.64. The number of nitrogens with zero attached hydrogens (tertiary/aromatic N) is 1. The van der Waals surface area contributed by atoms with Gasteiger partial charge in [-0.1, -0.05) is 15.9 Å². The summed E-state index contributed by atoms with van der Waals surface area (Å²) in [5.41, 5.74) is 0.504. The predicted octanol–water partition coefficient (Wildman–Crippen LogP) is 3.15. The molecule has 0 spiro atoms. The minimum Gasteiger partial charge on any atom is -0.464 e. The van der Waals surface area contributed by atoms with Crippen LogP contribution in [0.25, 0.3) is 6.08 Å². The lowest BCUT2D eigenvalue weighted by atomic mass is 10.2. The Hall–Kier alpha value is -2.15. The highest BCUT2D eigenvalue weighted by Crippen LogP contribution is 2.24. The predicted molar refractivity (Wildman–Crippen MR) is 76.6 cm³/mol. The second-order valence-corrected chi connectivity index (χ2v) is 4.37. The van der Waals surface area contributed by atoms with Crippen LogP contribution in [0.5, 0.6) is 5.75 Å². The summed E-state index contributed by atoms with van der Waals surface area (Å²) in [6.07, 6.45) is 4.42. The van der Waals surface area contributed by atoms with Crippen LogP contribution < -0.4 is 4.74 Å². The van der Waals surface area contributed by atoms with E-state index in [9.17, 15) is 14.9 Å². The Balaban J connectivity index is 2.84. The molecule has 0 aliphatic heterocycles. The van der Waals surface area contributed by atoms with Crippen LogP contribution in [-0.4, -0.2) is 17.5 Å². The van der Waals surface area contributed by atoms with Crippen LogP contribution in [0.4, 0.5) is 0 Å². The molecule has 0 aromatic heterocycles. The lowest BCUT2D eigenvalue weighted by Gasteiger charge is -2.04. The molecule has 0 bridgehead atoms. The number of carbonyl (C=O) groups is 1. The van der Waals surface area contributed by atoms with Crippen molar-refractivity contribution in [2.45, 2.75) is 6.92 Å². The second-order valence-electron chi connectivity index (χ2n) is 3.46. The quantitative estimate of drug-likeness (QED) is 0.261. The molecule has 0 amide bonds. The fourth-order valence-corrected chi connectivity index (χ4v) is 1.63. The molecule has 0 atom stereocenters. The molecular formula is C13H12BrNO5. The van der Waals surface area contributed by atoms with Crippen LogP contribution in [0.3, 0.4) is 0 Å². The molecule has 0 aliphatic rings. The number of ether oxygens (including phenoxy) is 2. The SMILES string of the molecule is CCOC(=O)/C=C/Oc1ccc(Br)cc1/C=C/[N+](=O)[O-]. The van der Waals surface area contributed by atoms with Gasteiger partial charge in [0.2, 0.25) is 6.20 Å². The molecule has 6 nitrogen and oxygen atoms in total. The lowest BCUT2D eigenvalue weighted by molar-refractivity contribution is -0.400. The smallest absolute Gasteiger partial charge is 0.333 e. The van der Waals surface area contributed by atoms with E-state index in [4.69, 9.17) is 9.47 Å². The summed E-state index contributed by atoms with van der Waals surface area (Å²) in [6.45, 7) is 1.97. The summed E-state index contributed by atoms with van der Waals surface area (Å²) >= 11 is 3.26. The van der Waals surface area contributed by atoms with E-state index in [0.717, 1.165) is 16.7 Å². The van der Waals surface area contributed by atoms with E-state index in [0.29, 0.717) is 11.3 Å². The van der Waals surface area contributed by atoms with Gasteiger partial charge in [0.25, 0.3) is 0 Å². The maximum Gasteiger partial charge on any atom is 0.333 e. The normalized spacial score (nSPS) is 10.9. The molecule has 0 fully saturated rings. The van der Waals surface area contributed by atoms with E-state index in [1.165, 1.54) is 12.3 Å². The average molecular weight is 342 g/mol. The Morgan fingerprint density at radius 1 is 1.50 bits per heavy atom. The van der Waals surface area contributed by atoms with E-state index in [-0.39, 0.29) is 6.61 Å². The van der Waals surface area contributed by atoms with E-state index < -0.39 is 10.9 Å². The summed E-state index contributed by atoms with van der Waals surface area (Å²) in [7, 11) is 0. The fraction of sp³-hybridized carbons (Fsp3) is 0.154. The van der Waals surface area contributed by atoms with Crippen LogP contribution in [0.1, 0.15) is 12.5 Å². The van der Waals surface area contributed by atoms with Gasteiger partial charge in [-0.25, -0.2) is 4.79 Å². The molecule has 0 saturated heterocycles. The molecule has 1 rings (SSSR count). The van der Waals surface area contributed by atoms with Gasteiger partial charge in [-0.2, -0.15) is 0 Å². The van der Waals surface area contributed by atoms with Crippen molar-refractivity contribution in [3.05, 3.63) is 56.9 Å². The highest BCUT2D eigenvalue weighted by Gasteiger charge is 2.03. The molecule has 20 heavy (non-hydrogen) atoms. The lowest BCUT2D eigenvalue weighted by Crippen LogP contribution is -1.99. The summed E-state index contributed by atoms with van der Waals surface area (Å²) < 4.78 is 10.7. The van der Waals surface area contributed by atoms with Crippen LogP contribution in [0.15, 0.2) is 41.2 Å². The van der Waals surface area contributed by atoms with Gasteiger partial charge in [0.05, 0.1) is 23.9 Å². The topological polar surface area (TPSA) is 78.7 Å². The van der Waals surface area contributed by atoms with Crippen molar-refractivity contribution in [3.63, 3.8) is 0 Å². The van der Waals surface area contributed by atoms with Crippen LogP contribution in [0, 0.1) is 10.1 Å². The molecule has 0 aliphatic carbocycles. The zero-order chi connectivity index (χ0) is 15.0. The number of esters is 1. The molecule has 0 unspecified atom stereocenters. The van der Waals surface area contributed by atoms with Crippen molar-refractivity contribution >= 4 is 28.0 Å². The Morgan fingerprint density at radius 3 is 2.90 bits per heavy atom. The van der Waals surface area contributed by atoms with Gasteiger partial charge in [0.15, 0.2) is 0 Å². The van der Waals surface area contributed by atoms with E-state index in [1.807, 2.05) is 0 Å². The molecular weight excluding hydrogens is 330 g/mol. The number of rotatable bonds is 6. The van der Waals surface area contributed by atoms with Gasteiger partial charge in [0.1, 0.15) is 5.75 Å². The van der Waals surface area contributed by atoms with Crippen molar-refractivity contribution < 1.29 is 19.2 Å². The number of hydrogen-bond acceptors (Lipinski definition) is 5. The first-order valence-corrected chi connectivity index (χ1v) is 6.43. The van der Waals surface area contributed by atoms with Gasteiger partial charge in [-0.05, 0) is 25.1 Å². The van der Waals surface area contributed by atoms with Crippen LogP contribution in [-0.2, 0) is 9.53 Å². The second kappa shape index (κ2) is 8.11. The molecule has 0 radical (unpaired) electrons. The molecule has 0 saturated carbocycles. The van der Waals surface area contributed by atoms with Crippen molar-refractivity contribution in [2.75, 3.05) is 6.61 Å². The summed E-state index contributed by atoms with van der Waals surface area (Å²) in [5, 5.41) is 10.3. The third-order valence-electron chi connectivity index (χ3n) is 2.03. The number of carbonyl (C=O) groups excluding carboxylic acids is 1. The van der Waals surface area contributed by atoms with Crippen molar-refractivity contribution in [3.8, 4) is 5.75 Å². The minimum atomic E-state index is -0.570. The monoisotopic (exact) mass is 341 g/mol. The molecule has 0 N–H and O–H groups in total. The maximum atomic E-state index is 11.1. The average Bonchev–Trinajstić information content (AvgIpc) is 2.38. The maximum absolute atomic E-state index is 11.1.